The van der Waals surface area contributed by atoms with E-state index in [1.54, 1.807) is 24.3 Å². The van der Waals surface area contributed by atoms with E-state index in [0.717, 1.165) is 27.8 Å². The number of hydrogen-bond acceptors (Lipinski definition) is 3. The van der Waals surface area contributed by atoms with Gasteiger partial charge in [0, 0.05) is 22.8 Å². The molecular weight excluding hydrogens is 376 g/mol. The first-order chi connectivity index (χ1) is 14.4. The number of carboxylic acids is 1. The smallest absolute Gasteiger partial charge is 0.337 e. The summed E-state index contributed by atoms with van der Waals surface area (Å²) in [5.74, 6) is -0.984. The number of carbonyl (C=O) groups is 1. The number of para-hydroxylation sites is 1. The lowest BCUT2D eigenvalue weighted by Gasteiger charge is -2.20. The summed E-state index contributed by atoms with van der Waals surface area (Å²) in [5, 5.41) is 14.3. The number of aromatic nitrogens is 1. The van der Waals surface area contributed by atoms with Crippen molar-refractivity contribution in [3.63, 3.8) is 0 Å². The molecule has 5 heteroatoms. The molecule has 1 unspecified atom stereocenters. The Hall–Kier alpha value is -3.86. The number of aromatic amines is 1. The molecule has 0 fully saturated rings. The standard InChI is InChI=1S/C25H22N2O3/c1-15-12-19(16(2)26-22-11-7-6-10-18(22)25(29)30)20-14-23(17-8-4-3-5-9-17)27-24(28)21(20)13-15/h3-14,16,26H,1-2H3,(H,27,28)(H,29,30). The van der Waals surface area contributed by atoms with Crippen molar-refractivity contribution < 1.29 is 9.90 Å². The Bertz CT molecular complexity index is 1290. The predicted molar refractivity (Wildman–Crippen MR) is 120 cm³/mol. The minimum atomic E-state index is -0.984. The number of rotatable bonds is 5. The van der Waals surface area contributed by atoms with Crippen LogP contribution < -0.4 is 10.9 Å². The normalized spacial score (nSPS) is 11.9. The van der Waals surface area contributed by atoms with Gasteiger partial charge in [0.1, 0.15) is 0 Å². The lowest BCUT2D eigenvalue weighted by molar-refractivity contribution is 0.0698. The number of anilines is 1. The monoisotopic (exact) mass is 398 g/mol. The number of aromatic carboxylic acids is 1. The minimum absolute atomic E-state index is 0.144. The predicted octanol–water partition coefficient (Wildman–Crippen LogP) is 5.37. The molecule has 4 aromatic rings. The average molecular weight is 398 g/mol. The van der Waals surface area contributed by atoms with E-state index in [2.05, 4.69) is 10.3 Å². The summed E-state index contributed by atoms with van der Waals surface area (Å²) in [7, 11) is 0. The van der Waals surface area contributed by atoms with Gasteiger partial charge in [-0.25, -0.2) is 4.79 Å². The summed E-state index contributed by atoms with van der Waals surface area (Å²) < 4.78 is 0. The number of hydrogen-bond donors (Lipinski definition) is 3. The number of fused-ring (bicyclic) bond motifs is 1. The van der Waals surface area contributed by atoms with Crippen LogP contribution in [0.15, 0.2) is 77.6 Å². The maximum absolute atomic E-state index is 12.8. The SMILES string of the molecule is Cc1cc(C(C)Nc2ccccc2C(=O)O)c2cc(-c3ccccc3)[nH]c(=O)c2c1. The van der Waals surface area contributed by atoms with Crippen LogP contribution in [-0.2, 0) is 0 Å². The van der Waals surface area contributed by atoms with E-state index < -0.39 is 5.97 Å². The van der Waals surface area contributed by atoms with Gasteiger partial charge in [-0.2, -0.15) is 0 Å². The molecule has 0 saturated heterocycles. The van der Waals surface area contributed by atoms with E-state index in [4.69, 9.17) is 0 Å². The van der Waals surface area contributed by atoms with Gasteiger partial charge in [0.2, 0.25) is 0 Å². The molecule has 1 aromatic heterocycles. The fourth-order valence-corrected chi connectivity index (χ4v) is 3.78. The molecule has 3 aromatic carbocycles. The highest BCUT2D eigenvalue weighted by Gasteiger charge is 2.16. The zero-order valence-electron chi connectivity index (χ0n) is 16.8. The second-order valence-electron chi connectivity index (χ2n) is 7.41. The fraction of sp³-hybridized carbons (Fsp3) is 0.120. The molecule has 4 rings (SSSR count). The second-order valence-corrected chi connectivity index (χ2v) is 7.41. The fourth-order valence-electron chi connectivity index (χ4n) is 3.78. The Morgan fingerprint density at radius 1 is 0.967 bits per heavy atom. The maximum atomic E-state index is 12.8. The first-order valence-corrected chi connectivity index (χ1v) is 9.76. The molecule has 0 bridgehead atoms. The molecule has 0 aliphatic rings. The van der Waals surface area contributed by atoms with Gasteiger partial charge >= 0.3 is 5.97 Å². The Morgan fingerprint density at radius 2 is 1.67 bits per heavy atom. The van der Waals surface area contributed by atoms with E-state index in [0.29, 0.717) is 11.1 Å². The van der Waals surface area contributed by atoms with Gasteiger partial charge in [-0.15, -0.1) is 0 Å². The first-order valence-electron chi connectivity index (χ1n) is 9.76. The lowest BCUT2D eigenvalue weighted by atomic mass is 9.96. The average Bonchev–Trinajstić information content (AvgIpc) is 2.74. The Morgan fingerprint density at radius 3 is 2.40 bits per heavy atom. The molecule has 0 radical (unpaired) electrons. The van der Waals surface area contributed by atoms with Crippen LogP contribution in [0.25, 0.3) is 22.0 Å². The molecule has 1 atom stereocenters. The van der Waals surface area contributed by atoms with E-state index in [1.165, 1.54) is 0 Å². The quantitative estimate of drug-likeness (QED) is 0.422. The van der Waals surface area contributed by atoms with Crippen molar-refractivity contribution in [2.45, 2.75) is 19.9 Å². The second kappa shape index (κ2) is 7.87. The Balaban J connectivity index is 1.85. The highest BCUT2D eigenvalue weighted by Crippen LogP contribution is 2.30. The van der Waals surface area contributed by atoms with E-state index in [9.17, 15) is 14.7 Å². The van der Waals surface area contributed by atoms with Gasteiger partial charge in [-0.05, 0) is 60.2 Å². The van der Waals surface area contributed by atoms with Crippen molar-refractivity contribution in [2.24, 2.45) is 0 Å². The molecule has 0 amide bonds. The lowest BCUT2D eigenvalue weighted by Crippen LogP contribution is -2.14. The van der Waals surface area contributed by atoms with Gasteiger partial charge in [-0.3, -0.25) is 4.79 Å². The summed E-state index contributed by atoms with van der Waals surface area (Å²) in [6.45, 7) is 3.92. The van der Waals surface area contributed by atoms with Crippen molar-refractivity contribution in [1.29, 1.82) is 0 Å². The summed E-state index contributed by atoms with van der Waals surface area (Å²) in [6, 6.07) is 22.2. The molecule has 30 heavy (non-hydrogen) atoms. The Labute approximate surface area is 174 Å². The van der Waals surface area contributed by atoms with Crippen molar-refractivity contribution in [3.05, 3.63) is 99.8 Å². The number of pyridine rings is 1. The maximum Gasteiger partial charge on any atom is 0.337 e. The molecule has 0 aliphatic heterocycles. The van der Waals surface area contributed by atoms with Crippen LogP contribution >= 0.6 is 0 Å². The summed E-state index contributed by atoms with van der Waals surface area (Å²) in [5.41, 5.74) is 4.19. The Kier molecular flexibility index (Phi) is 5.11. The highest BCUT2D eigenvalue weighted by atomic mass is 16.4. The number of nitrogens with one attached hydrogen (secondary N) is 2. The number of carboxylic acid groups (broad SMARTS) is 1. The minimum Gasteiger partial charge on any atom is -0.478 e. The zero-order chi connectivity index (χ0) is 21.3. The molecule has 1 heterocycles. The van der Waals surface area contributed by atoms with Gasteiger partial charge < -0.3 is 15.4 Å². The number of benzene rings is 3. The van der Waals surface area contributed by atoms with Crippen molar-refractivity contribution in [2.75, 3.05) is 5.32 Å². The molecule has 3 N–H and O–H groups in total. The molecule has 5 nitrogen and oxygen atoms in total. The number of H-pyrrole nitrogens is 1. The molecular formula is C25H22N2O3. The summed E-state index contributed by atoms with van der Waals surface area (Å²) in [4.78, 5) is 27.4. The third kappa shape index (κ3) is 3.70. The third-order valence-corrected chi connectivity index (χ3v) is 5.22. The van der Waals surface area contributed by atoms with Crippen molar-refractivity contribution >= 4 is 22.4 Å². The van der Waals surface area contributed by atoms with Crippen molar-refractivity contribution in [3.8, 4) is 11.3 Å². The van der Waals surface area contributed by atoms with Crippen LogP contribution in [0.1, 0.15) is 34.5 Å². The van der Waals surface area contributed by atoms with Crippen LogP contribution in [0.3, 0.4) is 0 Å². The summed E-state index contributed by atoms with van der Waals surface area (Å²) in [6.07, 6.45) is 0. The molecule has 150 valence electrons. The third-order valence-electron chi connectivity index (χ3n) is 5.22. The molecule has 0 aliphatic carbocycles. The van der Waals surface area contributed by atoms with Gasteiger partial charge in [0.15, 0.2) is 0 Å². The highest BCUT2D eigenvalue weighted by molar-refractivity contribution is 5.94. The largest absolute Gasteiger partial charge is 0.478 e. The van der Waals surface area contributed by atoms with Crippen LogP contribution in [0.4, 0.5) is 5.69 Å². The topological polar surface area (TPSA) is 82.2 Å². The first kappa shape index (κ1) is 19.5. The zero-order valence-corrected chi connectivity index (χ0v) is 16.8. The molecule has 0 spiro atoms. The van der Waals surface area contributed by atoms with Crippen LogP contribution in [-0.4, -0.2) is 16.1 Å². The van der Waals surface area contributed by atoms with Crippen LogP contribution in [0.2, 0.25) is 0 Å². The van der Waals surface area contributed by atoms with E-state index in [-0.39, 0.29) is 17.2 Å². The van der Waals surface area contributed by atoms with Gasteiger partial charge in [0.05, 0.1) is 5.56 Å². The van der Waals surface area contributed by atoms with E-state index >= 15 is 0 Å². The van der Waals surface area contributed by atoms with Gasteiger partial charge in [0.25, 0.3) is 5.56 Å². The van der Waals surface area contributed by atoms with Crippen molar-refractivity contribution in [1.82, 2.24) is 4.98 Å². The van der Waals surface area contributed by atoms with Crippen LogP contribution in [0.5, 0.6) is 0 Å². The van der Waals surface area contributed by atoms with Crippen LogP contribution in [0, 0.1) is 6.92 Å². The summed E-state index contributed by atoms with van der Waals surface area (Å²) >= 11 is 0. The van der Waals surface area contributed by atoms with Gasteiger partial charge in [-0.1, -0.05) is 48.5 Å². The molecule has 0 saturated carbocycles. The number of aryl methyl sites for hydroxylation is 1. The van der Waals surface area contributed by atoms with E-state index in [1.807, 2.05) is 62.4 Å².